The maximum Gasteiger partial charge on any atom is 0.173 e. The van der Waals surface area contributed by atoms with E-state index in [2.05, 4.69) is 38.4 Å². The lowest BCUT2D eigenvalue weighted by molar-refractivity contribution is -0.131. The summed E-state index contributed by atoms with van der Waals surface area (Å²) in [6.45, 7) is 4.05. The third-order valence-corrected chi connectivity index (χ3v) is 9.63. The van der Waals surface area contributed by atoms with Gasteiger partial charge in [0.15, 0.2) is 23.1 Å². The number of allylic oxidation sites excluding steroid dienone is 5. The molecule has 2 aliphatic carbocycles. The van der Waals surface area contributed by atoms with Crippen LogP contribution in [0.4, 0.5) is 0 Å². The Morgan fingerprint density at radius 1 is 1.03 bits per heavy atom. The molecule has 6 heteroatoms. The van der Waals surface area contributed by atoms with E-state index in [1.807, 2.05) is 66.7 Å². The average molecular weight is 620 g/mol. The van der Waals surface area contributed by atoms with Crippen molar-refractivity contribution in [1.29, 1.82) is 0 Å². The Bertz CT molecular complexity index is 1470. The van der Waals surface area contributed by atoms with Gasteiger partial charge < -0.3 is 9.84 Å². The Balaban J connectivity index is 1.86. The van der Waals surface area contributed by atoms with Gasteiger partial charge in [-0.05, 0) is 72.7 Å². The molecule has 0 fully saturated rings. The molecule has 0 aliphatic heterocycles. The molecule has 0 spiro atoms. The number of phenols is 1. The van der Waals surface area contributed by atoms with E-state index >= 15 is 0 Å². The molecule has 3 aromatic carbocycles. The van der Waals surface area contributed by atoms with Gasteiger partial charge in [0, 0.05) is 21.9 Å². The lowest BCUT2D eigenvalue weighted by Crippen LogP contribution is -2.54. The quantitative estimate of drug-likeness (QED) is 0.325. The molecular formula is C31H24Br2O4. The number of ketones is 2. The number of carbonyl (C=O) groups excluding carboxylic acids is 2. The van der Waals surface area contributed by atoms with Crippen molar-refractivity contribution in [2.75, 3.05) is 7.11 Å². The highest BCUT2D eigenvalue weighted by Crippen LogP contribution is 2.59. The van der Waals surface area contributed by atoms with Gasteiger partial charge in [0.1, 0.15) is 0 Å². The first-order valence-corrected chi connectivity index (χ1v) is 13.4. The molecule has 3 aromatic rings. The van der Waals surface area contributed by atoms with Crippen LogP contribution >= 0.6 is 31.9 Å². The molecule has 0 unspecified atom stereocenters. The predicted molar refractivity (Wildman–Crippen MR) is 152 cm³/mol. The van der Waals surface area contributed by atoms with Crippen molar-refractivity contribution in [3.05, 3.63) is 123 Å². The van der Waals surface area contributed by atoms with Gasteiger partial charge in [0.25, 0.3) is 0 Å². The standard InChI is InChI=1S/C31H24Br2O4/c1-3-18-14-15-23-29(35)21(19-10-6-4-7-11-19)17-25(34)31(23,20-12-8-5-9-13-20)26(18)22-16-24(37-2)30(36)28(33)27(22)32/h3-14,16-17,23,26,36H,1,15H2,2H3/t23-,26+,31-/m0/s1. The summed E-state index contributed by atoms with van der Waals surface area (Å²) in [5, 5.41) is 10.6. The molecule has 4 nitrogen and oxygen atoms in total. The van der Waals surface area contributed by atoms with E-state index in [9.17, 15) is 14.7 Å². The maximum absolute atomic E-state index is 14.5. The number of hydrogen-bond donors (Lipinski definition) is 1. The molecule has 1 N–H and O–H groups in total. The van der Waals surface area contributed by atoms with Crippen LogP contribution in [-0.4, -0.2) is 23.8 Å². The summed E-state index contributed by atoms with van der Waals surface area (Å²) < 4.78 is 6.46. The predicted octanol–water partition coefficient (Wildman–Crippen LogP) is 7.32. The van der Waals surface area contributed by atoms with Crippen LogP contribution in [-0.2, 0) is 15.0 Å². The monoisotopic (exact) mass is 618 g/mol. The molecule has 0 radical (unpaired) electrons. The fourth-order valence-corrected chi connectivity index (χ4v) is 6.79. The first kappa shape index (κ1) is 25.4. The van der Waals surface area contributed by atoms with Crippen LogP contribution in [0.2, 0.25) is 0 Å². The third-order valence-electron chi connectivity index (χ3n) is 7.47. The molecule has 37 heavy (non-hydrogen) atoms. The van der Waals surface area contributed by atoms with Gasteiger partial charge >= 0.3 is 0 Å². The number of hydrogen-bond acceptors (Lipinski definition) is 4. The Hall–Kier alpha value is -3.22. The highest BCUT2D eigenvalue weighted by Gasteiger charge is 2.59. The summed E-state index contributed by atoms with van der Waals surface area (Å²) >= 11 is 7.12. The number of halogens is 2. The van der Waals surface area contributed by atoms with Crippen LogP contribution in [0.1, 0.15) is 29.0 Å². The minimum Gasteiger partial charge on any atom is -0.503 e. The zero-order chi connectivity index (χ0) is 26.3. The lowest BCUT2D eigenvalue weighted by atomic mass is 9.50. The van der Waals surface area contributed by atoms with E-state index in [4.69, 9.17) is 4.74 Å². The van der Waals surface area contributed by atoms with Gasteiger partial charge in [-0.25, -0.2) is 0 Å². The summed E-state index contributed by atoms with van der Waals surface area (Å²) in [6, 6.07) is 20.6. The number of methoxy groups -OCH3 is 1. The number of carbonyl (C=O) groups is 2. The van der Waals surface area contributed by atoms with Crippen LogP contribution in [0.5, 0.6) is 11.5 Å². The van der Waals surface area contributed by atoms with E-state index in [-0.39, 0.29) is 23.1 Å². The highest BCUT2D eigenvalue weighted by atomic mass is 79.9. The van der Waals surface area contributed by atoms with E-state index in [1.165, 1.54) is 13.2 Å². The molecule has 5 rings (SSSR count). The van der Waals surface area contributed by atoms with Crippen molar-refractivity contribution >= 4 is 49.0 Å². The SMILES string of the molecule is C=CC1=CC[C@H]2C(=O)C(c3ccccc3)=CC(=O)[C@@]2(c2ccccc2)[C@H]1c1cc(OC)c(O)c(Br)c1Br. The first-order valence-electron chi connectivity index (χ1n) is 11.8. The molecule has 0 bridgehead atoms. The topological polar surface area (TPSA) is 63.6 Å². The Morgan fingerprint density at radius 2 is 1.68 bits per heavy atom. The summed E-state index contributed by atoms with van der Waals surface area (Å²) in [5.74, 6) is -1.22. The lowest BCUT2D eigenvalue weighted by Gasteiger charge is -2.50. The molecule has 3 atom stereocenters. The minimum atomic E-state index is -1.22. The number of ether oxygens (including phenoxy) is 1. The number of aromatic hydroxyl groups is 1. The number of fused-ring (bicyclic) bond motifs is 1. The molecule has 2 aliphatic rings. The van der Waals surface area contributed by atoms with Crippen molar-refractivity contribution in [2.24, 2.45) is 5.92 Å². The van der Waals surface area contributed by atoms with Crippen molar-refractivity contribution in [3.8, 4) is 11.5 Å². The van der Waals surface area contributed by atoms with E-state index in [0.717, 1.165) is 16.7 Å². The molecule has 186 valence electrons. The fraction of sp³-hybridized carbons (Fsp3) is 0.161. The van der Waals surface area contributed by atoms with Gasteiger partial charge in [-0.2, -0.15) is 0 Å². The van der Waals surface area contributed by atoms with Gasteiger partial charge in [-0.1, -0.05) is 79.4 Å². The second-order valence-corrected chi connectivity index (χ2v) is 10.7. The molecule has 0 saturated heterocycles. The smallest absolute Gasteiger partial charge is 0.173 e. The Kier molecular flexibility index (Phi) is 6.82. The molecule has 0 heterocycles. The second-order valence-electron chi connectivity index (χ2n) is 9.16. The number of Topliss-reactive ketones (excluding diaryl/α,β-unsaturated/α-hetero) is 1. The van der Waals surface area contributed by atoms with Crippen LogP contribution < -0.4 is 4.74 Å². The fourth-order valence-electron chi connectivity index (χ4n) is 5.83. The zero-order valence-electron chi connectivity index (χ0n) is 20.1. The van der Waals surface area contributed by atoms with Crippen molar-refractivity contribution in [3.63, 3.8) is 0 Å². The van der Waals surface area contributed by atoms with Gasteiger partial charge in [0.05, 0.1) is 17.0 Å². The van der Waals surface area contributed by atoms with E-state index in [0.29, 0.717) is 26.5 Å². The van der Waals surface area contributed by atoms with Gasteiger partial charge in [0.2, 0.25) is 0 Å². The van der Waals surface area contributed by atoms with E-state index in [1.54, 1.807) is 12.1 Å². The van der Waals surface area contributed by atoms with Crippen LogP contribution in [0, 0.1) is 5.92 Å². The summed E-state index contributed by atoms with van der Waals surface area (Å²) in [7, 11) is 1.48. The van der Waals surface area contributed by atoms with Crippen LogP contribution in [0.15, 0.2) is 106 Å². The molecule has 0 amide bonds. The van der Waals surface area contributed by atoms with Crippen molar-refractivity contribution < 1.29 is 19.4 Å². The van der Waals surface area contributed by atoms with Crippen LogP contribution in [0.3, 0.4) is 0 Å². The molecular weight excluding hydrogens is 596 g/mol. The van der Waals surface area contributed by atoms with Gasteiger partial charge in [-0.3, -0.25) is 9.59 Å². The van der Waals surface area contributed by atoms with Crippen molar-refractivity contribution in [1.82, 2.24) is 0 Å². The van der Waals surface area contributed by atoms with E-state index < -0.39 is 17.3 Å². The van der Waals surface area contributed by atoms with Crippen LogP contribution in [0.25, 0.3) is 5.57 Å². The normalized spacial score (nSPS) is 23.1. The van der Waals surface area contributed by atoms with Gasteiger partial charge in [-0.15, -0.1) is 0 Å². The first-order chi connectivity index (χ1) is 17.9. The highest BCUT2D eigenvalue weighted by molar-refractivity contribution is 9.13. The van der Waals surface area contributed by atoms with Crippen molar-refractivity contribution in [2.45, 2.75) is 17.8 Å². The molecule has 0 saturated carbocycles. The number of benzene rings is 3. The third kappa shape index (κ3) is 3.85. The second kappa shape index (κ2) is 9.92. The Labute approximate surface area is 232 Å². The largest absolute Gasteiger partial charge is 0.503 e. The minimum absolute atomic E-state index is 0.0549. The number of rotatable bonds is 5. The maximum atomic E-state index is 14.5. The summed E-state index contributed by atoms with van der Waals surface area (Å²) in [5.41, 5.74) is 2.23. The summed E-state index contributed by atoms with van der Waals surface area (Å²) in [4.78, 5) is 28.8. The zero-order valence-corrected chi connectivity index (χ0v) is 23.3. The average Bonchev–Trinajstić information content (AvgIpc) is 2.94. The molecule has 0 aromatic heterocycles. The summed E-state index contributed by atoms with van der Waals surface area (Å²) in [6.07, 6.45) is 5.66. The Morgan fingerprint density at radius 3 is 2.30 bits per heavy atom. The number of phenolic OH excluding ortho intramolecular Hbond substituents is 1.